The van der Waals surface area contributed by atoms with Gasteiger partial charge in [-0.05, 0) is 0 Å². The van der Waals surface area contributed by atoms with Gasteiger partial charge < -0.3 is 0 Å². The number of fused-ring (bicyclic) bond motifs is 1. The Morgan fingerprint density at radius 1 is 1.00 bits per heavy atom. The zero-order valence-corrected chi connectivity index (χ0v) is 12.3. The fraction of sp³-hybridized carbons (Fsp3) is 0. The third-order valence-electron chi connectivity index (χ3n) is 2.10. The average molecular weight is 361 g/mol. The number of halogens is 1. The van der Waals surface area contributed by atoms with Crippen LogP contribution in [-0.2, 0) is 0 Å². The van der Waals surface area contributed by atoms with Crippen molar-refractivity contribution in [3.05, 3.63) is 48.8 Å². The van der Waals surface area contributed by atoms with E-state index in [1.54, 1.807) is 0 Å². The zero-order chi connectivity index (χ0) is 14.6. The Balaban J connectivity index is 0.000000257. The van der Waals surface area contributed by atoms with Gasteiger partial charge in [0.2, 0.25) is 0 Å². The fourth-order valence-corrected chi connectivity index (χ4v) is 3.21. The van der Waals surface area contributed by atoms with E-state index in [4.69, 9.17) is 18.6 Å². The molecule has 0 bridgehead atoms. The van der Waals surface area contributed by atoms with Crippen LogP contribution in [0.15, 0.2) is 48.8 Å². The van der Waals surface area contributed by atoms with Crippen LogP contribution in [0.5, 0.6) is 0 Å². The number of nitrogens with zero attached hydrogens (tertiary/aromatic N) is 3. The topological polar surface area (TPSA) is 122 Å². The molecule has 2 heterocycles. The molecule has 3 aromatic rings. The van der Waals surface area contributed by atoms with Crippen LogP contribution in [0.1, 0.15) is 0 Å². The molecule has 0 saturated heterocycles. The summed E-state index contributed by atoms with van der Waals surface area (Å²) in [4.78, 5) is 4.31. The number of aromatic nitrogens is 3. The Bertz CT molecular complexity index is 648. The second kappa shape index (κ2) is 6.38. The van der Waals surface area contributed by atoms with Crippen LogP contribution < -0.4 is 23.2 Å². The van der Waals surface area contributed by atoms with Crippen molar-refractivity contribution < 1.29 is 33.4 Å². The molecule has 3 rings (SSSR count). The minimum absolute atomic E-state index is 0.225. The molecule has 104 valence electrons. The van der Waals surface area contributed by atoms with Crippen molar-refractivity contribution in [2.45, 2.75) is 0 Å². The monoisotopic (exact) mass is 361 g/mol. The van der Waals surface area contributed by atoms with Crippen LogP contribution in [0.25, 0.3) is 14.7 Å². The molecule has 20 heavy (non-hydrogen) atoms. The molecule has 7 nitrogen and oxygen atoms in total. The molecule has 0 fully saturated rings. The van der Waals surface area contributed by atoms with Crippen molar-refractivity contribution in [2.24, 2.45) is 0 Å². The first-order valence-electron chi connectivity index (χ1n) is 5.24. The van der Waals surface area contributed by atoms with Gasteiger partial charge in [-0.25, -0.2) is 18.6 Å². The molecule has 0 amide bonds. The van der Waals surface area contributed by atoms with E-state index in [1.165, 1.54) is 5.56 Å². The van der Waals surface area contributed by atoms with E-state index < -0.39 is 10.2 Å². The van der Waals surface area contributed by atoms with Gasteiger partial charge in [-0.3, -0.25) is 0 Å². The third kappa shape index (κ3) is 4.62. The van der Waals surface area contributed by atoms with E-state index in [-0.39, 0.29) is 14.5 Å². The summed E-state index contributed by atoms with van der Waals surface area (Å²) < 4.78 is 38.0. The number of benzene rings is 1. The molecular formula is C11H8ClN3O4Se. The molecule has 0 aliphatic heterocycles. The molecule has 0 unspecified atom stereocenters. The molecule has 0 atom stereocenters. The zero-order valence-electron chi connectivity index (χ0n) is 9.88. The summed E-state index contributed by atoms with van der Waals surface area (Å²) in [5.41, 5.74) is 1.20. The predicted octanol–water partition coefficient (Wildman–Crippen LogP) is -3.82. The van der Waals surface area contributed by atoms with Crippen LogP contribution in [0, 0.1) is 10.2 Å². The second-order valence-corrected chi connectivity index (χ2v) is 6.26. The number of hydrogen-bond donors (Lipinski definition) is 0. The molecule has 0 aliphatic carbocycles. The number of rotatable bonds is 1. The molecule has 0 spiro atoms. The molecule has 9 heteroatoms. The first kappa shape index (κ1) is 15.0. The molecule has 0 saturated carbocycles. The Morgan fingerprint density at radius 2 is 1.65 bits per heavy atom. The van der Waals surface area contributed by atoms with E-state index in [1.807, 2.05) is 41.2 Å². The van der Waals surface area contributed by atoms with E-state index in [0.29, 0.717) is 0 Å². The summed E-state index contributed by atoms with van der Waals surface area (Å²) in [6, 6.07) is 12.2. The summed E-state index contributed by atoms with van der Waals surface area (Å²) in [6.45, 7) is 0. The fourth-order valence-electron chi connectivity index (χ4n) is 1.40. The van der Waals surface area contributed by atoms with Crippen LogP contribution >= 0.6 is 0 Å². The molecule has 1 aromatic carbocycles. The molecule has 0 N–H and O–H groups in total. The Labute approximate surface area is 121 Å². The summed E-state index contributed by atoms with van der Waals surface area (Å²) in [5, 5.41) is 4.52. The minimum atomic E-state index is -4.94. The van der Waals surface area contributed by atoms with E-state index in [2.05, 4.69) is 22.2 Å². The summed E-state index contributed by atoms with van der Waals surface area (Å²) >= 11 is 0.225. The molecular weight excluding hydrogens is 353 g/mol. The van der Waals surface area contributed by atoms with Gasteiger partial charge in [0.05, 0.1) is 0 Å². The Hall–Kier alpha value is -1.38. The van der Waals surface area contributed by atoms with Gasteiger partial charge in [-0.2, -0.15) is 0 Å². The van der Waals surface area contributed by atoms with Crippen LogP contribution in [0.4, 0.5) is 0 Å². The van der Waals surface area contributed by atoms with Gasteiger partial charge in [-0.15, -0.1) is 10.2 Å². The Kier molecular flexibility index (Phi) is 4.79. The van der Waals surface area contributed by atoms with Gasteiger partial charge in [0.1, 0.15) is 0 Å². The van der Waals surface area contributed by atoms with Crippen molar-refractivity contribution in [2.75, 3.05) is 0 Å². The van der Waals surface area contributed by atoms with Gasteiger partial charge in [0, 0.05) is 0 Å². The van der Waals surface area contributed by atoms with E-state index in [9.17, 15) is 0 Å². The maximum atomic E-state index is 8.49. The molecule has 0 radical (unpaired) electrons. The van der Waals surface area contributed by atoms with Crippen molar-refractivity contribution >= 4 is 19.0 Å². The van der Waals surface area contributed by atoms with E-state index in [0.717, 1.165) is 9.09 Å². The summed E-state index contributed by atoms with van der Waals surface area (Å²) in [6.07, 6.45) is 3.76. The maximum absolute atomic E-state index is 8.49. The average Bonchev–Trinajstić information content (AvgIpc) is 2.81. The SMILES string of the molecule is [O-][Cl+3]([O-])([O-])[O-].c1ccc(-c2n[n+]3cccnc3[se]2)cc1. The van der Waals surface area contributed by atoms with Gasteiger partial charge in [0.25, 0.3) is 0 Å². The molecule has 2 aromatic heterocycles. The predicted molar refractivity (Wildman–Crippen MR) is 57.6 cm³/mol. The van der Waals surface area contributed by atoms with Gasteiger partial charge in [0.15, 0.2) is 0 Å². The standard InChI is InChI=1S/C11H8N3Se.ClHO4/c1-2-5-9(6-3-1)10-13-14-8-4-7-12-11(14)15-10;2-1(3,4)5/h1-8H;(H,2,3,4,5)/q+1;/p-1. The van der Waals surface area contributed by atoms with Crippen LogP contribution in [0.3, 0.4) is 0 Å². The normalized spacial score (nSPS) is 11.0. The van der Waals surface area contributed by atoms with Crippen molar-refractivity contribution in [1.29, 1.82) is 0 Å². The number of hydrogen-bond acceptors (Lipinski definition) is 6. The van der Waals surface area contributed by atoms with Gasteiger partial charge >= 0.3 is 92.5 Å². The first-order valence-corrected chi connectivity index (χ1v) is 8.19. The molecule has 0 aliphatic rings. The second-order valence-electron chi connectivity index (χ2n) is 3.50. The van der Waals surface area contributed by atoms with Crippen LogP contribution in [0.2, 0.25) is 0 Å². The van der Waals surface area contributed by atoms with Crippen molar-refractivity contribution in [3.63, 3.8) is 0 Å². The van der Waals surface area contributed by atoms with Crippen molar-refractivity contribution in [3.8, 4) is 10.1 Å². The quantitative estimate of drug-likeness (QED) is 0.324. The Morgan fingerprint density at radius 3 is 2.25 bits per heavy atom. The summed E-state index contributed by atoms with van der Waals surface area (Å²) in [5.74, 6) is 0. The van der Waals surface area contributed by atoms with Gasteiger partial charge in [-0.1, -0.05) is 0 Å². The van der Waals surface area contributed by atoms with Crippen molar-refractivity contribution in [1.82, 2.24) is 10.1 Å². The first-order chi connectivity index (χ1) is 9.43. The van der Waals surface area contributed by atoms with E-state index >= 15 is 0 Å². The summed E-state index contributed by atoms with van der Waals surface area (Å²) in [7, 11) is -4.94. The third-order valence-corrected chi connectivity index (χ3v) is 4.17. The van der Waals surface area contributed by atoms with Crippen LogP contribution in [-0.4, -0.2) is 24.6 Å².